The third-order valence-electron chi connectivity index (χ3n) is 22.7. The van der Waals surface area contributed by atoms with Crippen molar-refractivity contribution in [3.8, 4) is 89.3 Å². The molecule has 0 saturated carbocycles. The Kier molecular flexibility index (Phi) is 17.5. The fourth-order valence-corrected chi connectivity index (χ4v) is 16.8. The van der Waals surface area contributed by atoms with Gasteiger partial charge in [-0.05, 0) is 251 Å². The normalized spacial score (nSPS) is 14.1. The van der Waals surface area contributed by atoms with Gasteiger partial charge in [-0.1, -0.05) is 298 Å². The van der Waals surface area contributed by atoms with Crippen molar-refractivity contribution in [2.45, 2.75) is 31.6 Å². The predicted octanol–water partition coefficient (Wildman–Crippen LogP) is 29.3. The monoisotopic (exact) mass is 1450 g/mol. The van der Waals surface area contributed by atoms with E-state index in [1.807, 2.05) is 0 Å². The van der Waals surface area contributed by atoms with Crippen LogP contribution in [0.25, 0.3) is 144 Å². The van der Waals surface area contributed by atoms with Gasteiger partial charge in [0.2, 0.25) is 11.8 Å². The minimum Gasteiger partial charge on any atom is -0.436 e. The minimum atomic E-state index is -0.279. The number of anilines is 5. The second-order valence-corrected chi connectivity index (χ2v) is 29.7. The number of rotatable bonds is 17. The van der Waals surface area contributed by atoms with Crippen LogP contribution in [0.2, 0.25) is 0 Å². The predicted molar refractivity (Wildman–Crippen MR) is 471 cm³/mol. The van der Waals surface area contributed by atoms with E-state index in [4.69, 9.17) is 18.8 Å². The lowest BCUT2D eigenvalue weighted by molar-refractivity contribution is 0.575. The van der Waals surface area contributed by atoms with Crippen molar-refractivity contribution < 1.29 is 8.83 Å². The van der Waals surface area contributed by atoms with Crippen molar-refractivity contribution in [3.05, 3.63) is 429 Å². The third-order valence-corrected chi connectivity index (χ3v) is 22.7. The van der Waals surface area contributed by atoms with Crippen LogP contribution in [0, 0.1) is 0 Å². The van der Waals surface area contributed by atoms with E-state index in [9.17, 15) is 0 Å². The summed E-state index contributed by atoms with van der Waals surface area (Å²) in [6.07, 6.45) is 14.1. The zero-order valence-corrected chi connectivity index (χ0v) is 62.4. The second-order valence-electron chi connectivity index (χ2n) is 29.7. The van der Waals surface area contributed by atoms with Crippen molar-refractivity contribution in [1.82, 2.24) is 9.97 Å². The summed E-state index contributed by atoms with van der Waals surface area (Å²) < 4.78 is 13.2. The molecule has 0 N–H and O–H groups in total. The Labute approximate surface area is 657 Å². The number of para-hydroxylation sites is 3. The van der Waals surface area contributed by atoms with Gasteiger partial charge in [-0.25, -0.2) is 9.97 Å². The van der Waals surface area contributed by atoms with Gasteiger partial charge in [0, 0.05) is 50.7 Å². The summed E-state index contributed by atoms with van der Waals surface area (Å²) in [7, 11) is 0. The molecule has 0 saturated heterocycles. The summed E-state index contributed by atoms with van der Waals surface area (Å²) >= 11 is 0. The molecule has 1 atom stereocenters. The molecule has 2 heterocycles. The van der Waals surface area contributed by atoms with Crippen LogP contribution in [-0.4, -0.2) is 9.97 Å². The fourth-order valence-electron chi connectivity index (χ4n) is 16.8. The molecule has 0 fully saturated rings. The Morgan fingerprint density at radius 3 is 1.34 bits per heavy atom. The highest BCUT2D eigenvalue weighted by atomic mass is 16.4. The van der Waals surface area contributed by atoms with E-state index in [1.165, 1.54) is 77.3 Å². The molecule has 2 aliphatic carbocycles. The topological polar surface area (TPSA) is 58.5 Å². The standard InChI is InChI=1S/C107H76N4O2/c1-107(100-39-20-19-37-99(100)98-36-18-15-33-94(98)77-52-58-89(59-53-77)110(85-24-5-2-6-25-85)86-26-7-3-8-27-86)66-64-79(65-67-107)106-109-101-62-54-82(70-103(101)112-106)81-47-41-73-40-46-80(68-84(73)69-81)72-48-56-88(57-49-72)111(87-28-9-4-10-29-87)90-60-50-76(51-61-90)93-32-14-17-35-97(93)96-34-16-13-31-92(96)75-42-44-78(45-43-75)105-108-102-63-55-83(71-104(102)113-105)95-38-21-23-74-22-11-12-30-91(74)95/h2-48,50-56,58-66,68-71H,49,57,67H2,1H3. The largest absolute Gasteiger partial charge is 0.436 e. The van der Waals surface area contributed by atoms with Gasteiger partial charge < -0.3 is 18.6 Å². The maximum absolute atomic E-state index is 6.68. The fraction of sp³-hybridized carbons (Fsp3) is 0.0467. The number of fused-ring (bicyclic) bond motifs is 4. The molecule has 2 aliphatic rings. The quantitative estimate of drug-likeness (QED) is 0.0905. The number of benzene rings is 16. The lowest BCUT2D eigenvalue weighted by Crippen LogP contribution is -2.21. The molecule has 0 amide bonds. The highest BCUT2D eigenvalue weighted by Gasteiger charge is 2.30. The van der Waals surface area contributed by atoms with E-state index in [0.29, 0.717) is 11.8 Å². The van der Waals surface area contributed by atoms with Crippen molar-refractivity contribution in [2.75, 3.05) is 9.80 Å². The van der Waals surface area contributed by atoms with Crippen molar-refractivity contribution >= 4 is 83.3 Å². The first-order valence-corrected chi connectivity index (χ1v) is 38.9. The lowest BCUT2D eigenvalue weighted by atomic mass is 9.73. The molecule has 6 nitrogen and oxygen atoms in total. The van der Waals surface area contributed by atoms with Gasteiger partial charge in [0.25, 0.3) is 0 Å². The first-order valence-electron chi connectivity index (χ1n) is 38.9. The summed E-state index contributed by atoms with van der Waals surface area (Å²) in [5, 5.41) is 4.82. The average molecular weight is 1450 g/mol. The second kappa shape index (κ2) is 29.2. The Balaban J connectivity index is 0.522. The Morgan fingerprint density at radius 2 is 0.735 bits per heavy atom. The Hall–Kier alpha value is -14.5. The Bertz CT molecular complexity index is 6720. The van der Waals surface area contributed by atoms with E-state index in [-0.39, 0.29) is 5.41 Å². The van der Waals surface area contributed by atoms with Gasteiger partial charge in [-0.2, -0.15) is 0 Å². The first-order chi connectivity index (χ1) is 55.8. The zero-order chi connectivity index (χ0) is 75.2. The molecule has 0 bridgehead atoms. The molecule has 0 spiro atoms. The van der Waals surface area contributed by atoms with E-state index < -0.39 is 0 Å². The maximum Gasteiger partial charge on any atom is 0.227 e. The van der Waals surface area contributed by atoms with Gasteiger partial charge in [0.05, 0.1) is 0 Å². The molecule has 16 aromatic carbocycles. The molecule has 6 heteroatoms. The average Bonchev–Trinajstić information content (AvgIpc) is 1.65. The number of hydrogen-bond donors (Lipinski definition) is 0. The van der Waals surface area contributed by atoms with Gasteiger partial charge in [-0.15, -0.1) is 0 Å². The van der Waals surface area contributed by atoms with E-state index >= 15 is 0 Å². The Morgan fingerprint density at radius 1 is 0.301 bits per heavy atom. The first kappa shape index (κ1) is 67.9. The van der Waals surface area contributed by atoms with Crippen molar-refractivity contribution in [1.29, 1.82) is 0 Å². The SMILES string of the molecule is CC1(c2ccccc2-c2ccccc2-c2ccc(N(c3ccccc3)c3ccccc3)cc2)C=CC(c2nc3ccc(-c4ccc5ccc(C6=CC=C(N(c7ccccc7)c7ccc(-c8ccccc8-c8ccccc8-c8ccc(-c9nc%10ccc(-c%11cccc%12ccccc%11%12)cc%10o9)cc8)cc7)CC6)cc5c4)cc3o2)=CC1. The van der Waals surface area contributed by atoms with Gasteiger partial charge in [-0.3, -0.25) is 0 Å². The molecule has 2 aromatic heterocycles. The highest BCUT2D eigenvalue weighted by molar-refractivity contribution is 6.00. The zero-order valence-electron chi connectivity index (χ0n) is 62.4. The van der Waals surface area contributed by atoms with E-state index in [1.54, 1.807) is 0 Å². The van der Waals surface area contributed by atoms with E-state index in [0.717, 1.165) is 126 Å². The van der Waals surface area contributed by atoms with Crippen LogP contribution in [0.5, 0.6) is 0 Å². The van der Waals surface area contributed by atoms with Gasteiger partial charge in [0.1, 0.15) is 11.0 Å². The minimum absolute atomic E-state index is 0.279. The van der Waals surface area contributed by atoms with Crippen LogP contribution in [0.1, 0.15) is 43.2 Å². The van der Waals surface area contributed by atoms with Crippen LogP contribution in [0.15, 0.2) is 421 Å². The summed E-state index contributed by atoms with van der Waals surface area (Å²) in [6.45, 7) is 2.34. The van der Waals surface area contributed by atoms with Crippen molar-refractivity contribution in [3.63, 3.8) is 0 Å². The molecular weight excluding hydrogens is 1370 g/mol. The van der Waals surface area contributed by atoms with Crippen LogP contribution < -0.4 is 9.80 Å². The van der Waals surface area contributed by atoms with Crippen molar-refractivity contribution in [2.24, 2.45) is 0 Å². The molecule has 113 heavy (non-hydrogen) atoms. The smallest absolute Gasteiger partial charge is 0.227 e. The van der Waals surface area contributed by atoms with Crippen LogP contribution >= 0.6 is 0 Å². The van der Waals surface area contributed by atoms with Gasteiger partial charge >= 0.3 is 0 Å². The summed E-state index contributed by atoms with van der Waals surface area (Å²) in [5.41, 5.74) is 31.7. The van der Waals surface area contributed by atoms with Crippen LogP contribution in [-0.2, 0) is 5.41 Å². The summed E-state index contributed by atoms with van der Waals surface area (Å²) in [4.78, 5) is 14.7. The number of aromatic nitrogens is 2. The van der Waals surface area contributed by atoms with Crippen LogP contribution in [0.3, 0.4) is 0 Å². The molecule has 1 unspecified atom stereocenters. The highest BCUT2D eigenvalue weighted by Crippen LogP contribution is 2.47. The number of hydrogen-bond acceptors (Lipinski definition) is 6. The number of oxazole rings is 2. The molecule has 20 rings (SSSR count). The molecule has 0 aliphatic heterocycles. The molecule has 536 valence electrons. The summed E-state index contributed by atoms with van der Waals surface area (Å²) in [5.74, 6) is 1.23. The number of allylic oxidation sites excluding steroid dienone is 8. The maximum atomic E-state index is 6.68. The van der Waals surface area contributed by atoms with Gasteiger partial charge in [0.15, 0.2) is 11.2 Å². The summed E-state index contributed by atoms with van der Waals surface area (Å²) in [6, 6.07) is 135. The number of nitrogens with zero attached hydrogens (tertiary/aromatic N) is 4. The molecule has 0 radical (unpaired) electrons. The third kappa shape index (κ3) is 13.1. The molecular formula is C107H76N4O2. The van der Waals surface area contributed by atoms with E-state index in [2.05, 4.69) is 423 Å². The molecule has 18 aromatic rings. The van der Waals surface area contributed by atoms with Crippen LogP contribution in [0.4, 0.5) is 28.4 Å². The lowest BCUT2D eigenvalue weighted by Gasteiger charge is -2.31.